The topological polar surface area (TPSA) is 102 Å². The van der Waals surface area contributed by atoms with E-state index < -0.39 is 23.3 Å². The lowest BCUT2D eigenvalue weighted by molar-refractivity contribution is 0.0742. The Morgan fingerprint density at radius 2 is 1.77 bits per heavy atom. The molecule has 7 nitrogen and oxygen atoms in total. The van der Waals surface area contributed by atoms with Crippen molar-refractivity contribution in [1.82, 2.24) is 4.57 Å². The maximum absolute atomic E-state index is 13.2. The zero-order valence-electron chi connectivity index (χ0n) is 19.0. The Labute approximate surface area is 182 Å². The highest BCUT2D eigenvalue weighted by atomic mass is 16.5. The number of nitriles is 1. The predicted octanol–water partition coefficient (Wildman–Crippen LogP) is 3.82. The standard InChI is InChI=1S/C24H30N2O5/c1-14(2)30-9-7-8-26-23(28)20(13-25)17(5)21(24(26)29)22(27)18(6)31-19-11-15(3)10-16(4)12-19/h10-12,14,18,29H,7-9H2,1-6H3. The highest BCUT2D eigenvalue weighted by Crippen LogP contribution is 2.26. The van der Waals surface area contributed by atoms with E-state index >= 15 is 0 Å². The van der Waals surface area contributed by atoms with Crippen LogP contribution >= 0.6 is 0 Å². The van der Waals surface area contributed by atoms with Crippen molar-refractivity contribution < 1.29 is 19.4 Å². The van der Waals surface area contributed by atoms with Crippen molar-refractivity contribution in [2.45, 2.75) is 66.7 Å². The Balaban J connectivity index is 2.39. The van der Waals surface area contributed by atoms with Crippen LogP contribution in [0.5, 0.6) is 11.6 Å². The summed E-state index contributed by atoms with van der Waals surface area (Å²) in [4.78, 5) is 25.9. The van der Waals surface area contributed by atoms with Gasteiger partial charge in [0.15, 0.2) is 6.10 Å². The summed E-state index contributed by atoms with van der Waals surface area (Å²) >= 11 is 0. The molecule has 2 rings (SSSR count). The highest BCUT2D eigenvalue weighted by molar-refractivity contribution is 6.03. The third kappa shape index (κ3) is 5.74. The van der Waals surface area contributed by atoms with Crippen LogP contribution in [0.1, 0.15) is 59.8 Å². The molecular weight excluding hydrogens is 396 g/mol. The fraction of sp³-hybridized carbons (Fsp3) is 0.458. The number of aromatic nitrogens is 1. The molecule has 1 N–H and O–H groups in total. The second-order valence-electron chi connectivity index (χ2n) is 7.99. The number of ketones is 1. The normalized spacial score (nSPS) is 11.9. The van der Waals surface area contributed by atoms with E-state index in [-0.39, 0.29) is 29.3 Å². The number of rotatable bonds is 9. The Morgan fingerprint density at radius 3 is 2.32 bits per heavy atom. The SMILES string of the molecule is Cc1cc(C)cc(OC(C)C(=O)c2c(C)c(C#N)c(=O)n(CCCOC(C)C)c2O)c1. The number of Topliss-reactive ketones (excluding diaryl/α,β-unsaturated/α-hetero) is 1. The van der Waals surface area contributed by atoms with E-state index in [9.17, 15) is 20.0 Å². The lowest BCUT2D eigenvalue weighted by Crippen LogP contribution is -2.31. The van der Waals surface area contributed by atoms with Crippen LogP contribution < -0.4 is 10.3 Å². The van der Waals surface area contributed by atoms with Crippen molar-refractivity contribution in [3.63, 3.8) is 0 Å². The minimum absolute atomic E-state index is 0.0402. The molecule has 0 amide bonds. The van der Waals surface area contributed by atoms with Gasteiger partial charge in [0.1, 0.15) is 17.4 Å². The largest absolute Gasteiger partial charge is 0.494 e. The summed E-state index contributed by atoms with van der Waals surface area (Å²) in [6.07, 6.45) is -0.437. The molecule has 0 spiro atoms. The lowest BCUT2D eigenvalue weighted by Gasteiger charge is -2.19. The zero-order valence-corrected chi connectivity index (χ0v) is 19.0. The summed E-state index contributed by atoms with van der Waals surface area (Å²) in [5, 5.41) is 20.3. The first-order valence-corrected chi connectivity index (χ1v) is 10.3. The van der Waals surface area contributed by atoms with Gasteiger partial charge in [0, 0.05) is 13.2 Å². The van der Waals surface area contributed by atoms with Gasteiger partial charge >= 0.3 is 0 Å². The molecule has 1 aromatic heterocycles. The van der Waals surface area contributed by atoms with Gasteiger partial charge in [0.2, 0.25) is 11.7 Å². The Hall–Kier alpha value is -3.11. The van der Waals surface area contributed by atoms with Crippen LogP contribution in [0.15, 0.2) is 23.0 Å². The van der Waals surface area contributed by atoms with Crippen molar-refractivity contribution in [2.24, 2.45) is 0 Å². The number of benzene rings is 1. The van der Waals surface area contributed by atoms with Gasteiger partial charge in [-0.3, -0.25) is 14.2 Å². The molecule has 1 heterocycles. The van der Waals surface area contributed by atoms with Gasteiger partial charge in [-0.15, -0.1) is 0 Å². The van der Waals surface area contributed by atoms with Crippen LogP contribution in [0.25, 0.3) is 0 Å². The fourth-order valence-corrected chi connectivity index (χ4v) is 3.46. The molecule has 0 bridgehead atoms. The summed E-state index contributed by atoms with van der Waals surface area (Å²) in [6.45, 7) is 11.2. The van der Waals surface area contributed by atoms with E-state index in [0.717, 1.165) is 15.7 Å². The minimum Gasteiger partial charge on any atom is -0.494 e. The van der Waals surface area contributed by atoms with E-state index in [1.807, 2.05) is 52.0 Å². The highest BCUT2D eigenvalue weighted by Gasteiger charge is 2.28. The Kier molecular flexibility index (Phi) is 8.01. The van der Waals surface area contributed by atoms with Gasteiger partial charge in [0.05, 0.1) is 11.7 Å². The molecule has 1 aromatic carbocycles. The smallest absolute Gasteiger partial charge is 0.271 e. The van der Waals surface area contributed by atoms with E-state index in [4.69, 9.17) is 9.47 Å². The van der Waals surface area contributed by atoms with E-state index in [1.165, 1.54) is 6.92 Å². The van der Waals surface area contributed by atoms with Crippen LogP contribution in [0.2, 0.25) is 0 Å². The molecule has 0 aliphatic rings. The molecule has 2 aromatic rings. The van der Waals surface area contributed by atoms with Crippen LogP contribution in [0.4, 0.5) is 0 Å². The Morgan fingerprint density at radius 1 is 1.16 bits per heavy atom. The predicted molar refractivity (Wildman–Crippen MR) is 118 cm³/mol. The number of ether oxygens (including phenoxy) is 2. The van der Waals surface area contributed by atoms with Gasteiger partial charge < -0.3 is 14.6 Å². The number of pyridine rings is 1. The van der Waals surface area contributed by atoms with E-state index in [1.54, 1.807) is 6.92 Å². The molecule has 31 heavy (non-hydrogen) atoms. The van der Waals surface area contributed by atoms with Gasteiger partial charge in [-0.1, -0.05) is 6.07 Å². The average molecular weight is 427 g/mol. The van der Waals surface area contributed by atoms with Crippen molar-refractivity contribution in [3.8, 4) is 17.7 Å². The number of carbonyl (C=O) groups excluding carboxylic acids is 1. The van der Waals surface area contributed by atoms with Crippen LogP contribution in [-0.2, 0) is 11.3 Å². The van der Waals surface area contributed by atoms with Crippen LogP contribution in [-0.4, -0.2) is 34.3 Å². The molecule has 0 aliphatic heterocycles. The fourth-order valence-electron chi connectivity index (χ4n) is 3.46. The van der Waals surface area contributed by atoms with Crippen molar-refractivity contribution in [1.29, 1.82) is 5.26 Å². The quantitative estimate of drug-likeness (QED) is 0.483. The van der Waals surface area contributed by atoms with Crippen LogP contribution in [0.3, 0.4) is 0 Å². The molecule has 1 unspecified atom stereocenters. The molecule has 0 fully saturated rings. The second-order valence-corrected chi connectivity index (χ2v) is 7.99. The number of aryl methyl sites for hydroxylation is 2. The second kappa shape index (κ2) is 10.3. The third-order valence-electron chi connectivity index (χ3n) is 4.90. The summed E-state index contributed by atoms with van der Waals surface area (Å²) < 4.78 is 12.4. The van der Waals surface area contributed by atoms with Gasteiger partial charge in [-0.25, -0.2) is 0 Å². The molecule has 166 valence electrons. The van der Waals surface area contributed by atoms with Crippen molar-refractivity contribution in [2.75, 3.05) is 6.61 Å². The molecular formula is C24H30N2O5. The summed E-state index contributed by atoms with van der Waals surface area (Å²) in [6, 6.07) is 7.50. The van der Waals surface area contributed by atoms with Crippen molar-refractivity contribution >= 4 is 5.78 Å². The zero-order chi connectivity index (χ0) is 23.3. The monoisotopic (exact) mass is 426 g/mol. The third-order valence-corrected chi connectivity index (χ3v) is 4.90. The summed E-state index contributed by atoms with van der Waals surface area (Å²) in [7, 11) is 0. The first kappa shape index (κ1) is 24.2. The molecule has 7 heteroatoms. The summed E-state index contributed by atoms with van der Waals surface area (Å²) in [5.74, 6) is -0.417. The van der Waals surface area contributed by atoms with Gasteiger partial charge in [-0.05, 0) is 76.8 Å². The Bertz CT molecular complexity index is 1040. The minimum atomic E-state index is -0.924. The van der Waals surface area contributed by atoms with Crippen molar-refractivity contribution in [3.05, 3.63) is 56.4 Å². The van der Waals surface area contributed by atoms with Gasteiger partial charge in [0.25, 0.3) is 5.56 Å². The molecule has 0 saturated carbocycles. The first-order chi connectivity index (χ1) is 14.6. The number of nitrogens with zero attached hydrogens (tertiary/aromatic N) is 2. The maximum atomic E-state index is 13.2. The lowest BCUT2D eigenvalue weighted by atomic mass is 9.99. The first-order valence-electron chi connectivity index (χ1n) is 10.3. The van der Waals surface area contributed by atoms with E-state index in [0.29, 0.717) is 18.8 Å². The van der Waals surface area contributed by atoms with Gasteiger partial charge in [-0.2, -0.15) is 5.26 Å². The number of hydrogen-bond donors (Lipinski definition) is 1. The number of aromatic hydroxyl groups is 1. The molecule has 0 saturated heterocycles. The van der Waals surface area contributed by atoms with E-state index in [2.05, 4.69) is 0 Å². The maximum Gasteiger partial charge on any atom is 0.271 e. The average Bonchev–Trinajstić information content (AvgIpc) is 2.66. The molecule has 0 radical (unpaired) electrons. The molecule has 1 atom stereocenters. The summed E-state index contributed by atoms with van der Waals surface area (Å²) in [5.41, 5.74) is 1.29. The number of carbonyl (C=O) groups is 1. The van der Waals surface area contributed by atoms with Crippen LogP contribution in [0, 0.1) is 32.1 Å². The number of hydrogen-bond acceptors (Lipinski definition) is 6. The molecule has 0 aliphatic carbocycles.